The Morgan fingerprint density at radius 2 is 1.97 bits per heavy atom. The number of methoxy groups -OCH3 is 1. The second kappa shape index (κ2) is 8.54. The van der Waals surface area contributed by atoms with Crippen molar-refractivity contribution >= 4 is 28.0 Å². The first kappa shape index (κ1) is 20.4. The Labute approximate surface area is 187 Å². The van der Waals surface area contributed by atoms with Gasteiger partial charge < -0.3 is 20.4 Å². The van der Waals surface area contributed by atoms with Gasteiger partial charge in [-0.2, -0.15) is 0 Å². The van der Waals surface area contributed by atoms with Crippen molar-refractivity contribution in [1.29, 1.82) is 0 Å². The fourth-order valence-electron chi connectivity index (χ4n) is 4.62. The van der Waals surface area contributed by atoms with Crippen LogP contribution in [0.2, 0.25) is 0 Å². The molecule has 0 saturated carbocycles. The minimum absolute atomic E-state index is 0.210. The van der Waals surface area contributed by atoms with Crippen LogP contribution in [-0.2, 0) is 19.3 Å². The van der Waals surface area contributed by atoms with Crippen LogP contribution in [0.3, 0.4) is 0 Å². The van der Waals surface area contributed by atoms with Crippen LogP contribution >= 0.6 is 0 Å². The molecule has 2 heterocycles. The molecule has 0 fully saturated rings. The number of benzene rings is 2. The lowest BCUT2D eigenvalue weighted by atomic mass is 10.1. The summed E-state index contributed by atoms with van der Waals surface area (Å²) in [5, 5.41) is 7.81. The monoisotopic (exact) mass is 430 g/mol. The molecule has 3 N–H and O–H groups in total. The molecule has 5 nitrogen and oxygen atoms in total. The van der Waals surface area contributed by atoms with E-state index in [9.17, 15) is 0 Å². The number of hydrogen-bond donors (Lipinski definition) is 3. The molecule has 0 radical (unpaired) electrons. The molecular weight excluding hydrogens is 403 g/mol. The zero-order valence-corrected chi connectivity index (χ0v) is 18.4. The van der Waals surface area contributed by atoms with E-state index in [2.05, 4.69) is 45.7 Å². The quantitative estimate of drug-likeness (QED) is 0.341. The molecule has 0 atom stereocenters. The topological polar surface area (TPSA) is 62.0 Å². The molecule has 1 aliphatic carbocycles. The number of pyridine rings is 1. The maximum atomic E-state index is 15.2. The summed E-state index contributed by atoms with van der Waals surface area (Å²) >= 11 is 0. The van der Waals surface area contributed by atoms with Crippen LogP contribution in [0.5, 0.6) is 5.75 Å². The molecule has 164 valence electrons. The molecule has 5 rings (SSSR count). The van der Waals surface area contributed by atoms with Gasteiger partial charge in [-0.15, -0.1) is 0 Å². The number of aryl methyl sites for hydroxylation is 2. The number of aromatic nitrogens is 2. The smallest absolute Gasteiger partial charge is 0.190 e. The molecule has 2 aromatic carbocycles. The van der Waals surface area contributed by atoms with Crippen LogP contribution in [0.4, 0.5) is 21.5 Å². The van der Waals surface area contributed by atoms with Crippen LogP contribution in [0.15, 0.2) is 48.8 Å². The largest absolute Gasteiger partial charge is 0.492 e. The lowest BCUT2D eigenvalue weighted by molar-refractivity contribution is 0.389. The highest BCUT2D eigenvalue weighted by Crippen LogP contribution is 2.37. The number of rotatable bonds is 7. The number of fused-ring (bicyclic) bond motifs is 2. The predicted octanol–water partition coefficient (Wildman–Crippen LogP) is 5.91. The summed E-state index contributed by atoms with van der Waals surface area (Å²) in [5.74, 6) is -0.181. The fourth-order valence-corrected chi connectivity index (χ4v) is 4.62. The van der Waals surface area contributed by atoms with E-state index in [1.54, 1.807) is 12.3 Å². The second-order valence-electron chi connectivity index (χ2n) is 8.26. The third-order valence-electron chi connectivity index (χ3n) is 6.28. The maximum absolute atomic E-state index is 15.2. The van der Waals surface area contributed by atoms with E-state index in [1.807, 2.05) is 18.3 Å². The van der Waals surface area contributed by atoms with Gasteiger partial charge in [-0.1, -0.05) is 18.2 Å². The number of para-hydroxylation sites is 1. The van der Waals surface area contributed by atoms with Crippen molar-refractivity contribution in [2.45, 2.75) is 32.6 Å². The molecule has 6 heteroatoms. The second-order valence-corrected chi connectivity index (χ2v) is 8.26. The molecule has 0 saturated heterocycles. The lowest BCUT2D eigenvalue weighted by Gasteiger charge is -2.17. The summed E-state index contributed by atoms with van der Waals surface area (Å²) in [5.41, 5.74) is 7.96. The van der Waals surface area contributed by atoms with Crippen LogP contribution in [0.1, 0.15) is 28.8 Å². The summed E-state index contributed by atoms with van der Waals surface area (Å²) in [6.07, 6.45) is 7.71. The van der Waals surface area contributed by atoms with Gasteiger partial charge in [0.05, 0.1) is 18.5 Å². The Hall–Kier alpha value is -3.54. The van der Waals surface area contributed by atoms with Gasteiger partial charge in [0.25, 0.3) is 0 Å². The predicted molar refractivity (Wildman–Crippen MR) is 128 cm³/mol. The molecule has 1 aliphatic rings. The van der Waals surface area contributed by atoms with E-state index < -0.39 is 5.82 Å². The molecule has 0 aliphatic heterocycles. The zero-order chi connectivity index (χ0) is 22.1. The Morgan fingerprint density at radius 3 is 2.84 bits per heavy atom. The Kier molecular flexibility index (Phi) is 5.43. The van der Waals surface area contributed by atoms with Crippen molar-refractivity contribution in [2.75, 3.05) is 24.3 Å². The SMILES string of the molecule is COc1c(Nc2ccnc3c2CCC3)ccc(NCCc2c[nH]c3c(C)cccc23)c1F. The molecule has 0 bridgehead atoms. The minimum Gasteiger partial charge on any atom is -0.492 e. The normalized spacial score (nSPS) is 12.7. The van der Waals surface area contributed by atoms with Crippen molar-refractivity contribution in [3.8, 4) is 5.75 Å². The zero-order valence-electron chi connectivity index (χ0n) is 18.4. The molecule has 0 amide bonds. The molecule has 2 aromatic heterocycles. The van der Waals surface area contributed by atoms with Crippen LogP contribution in [-0.4, -0.2) is 23.6 Å². The summed E-state index contributed by atoms with van der Waals surface area (Å²) < 4.78 is 20.7. The van der Waals surface area contributed by atoms with Crippen LogP contribution < -0.4 is 15.4 Å². The standard InChI is InChI=1S/C26H27FN4O/c1-16-5-3-6-18-17(15-30-25(16)18)11-13-29-22-9-10-23(26(32-2)24(22)27)31-21-12-14-28-20-8-4-7-19(20)21/h3,5-6,9-10,12,14-15,29-30H,4,7-8,11,13H2,1-2H3,(H,28,31). The molecular formula is C26H27FN4O. The number of halogens is 1. The number of nitrogens with one attached hydrogen (secondary N) is 3. The fraction of sp³-hybridized carbons (Fsp3) is 0.269. The first-order chi connectivity index (χ1) is 15.7. The van der Waals surface area contributed by atoms with E-state index in [0.717, 1.165) is 42.6 Å². The number of hydrogen-bond acceptors (Lipinski definition) is 4. The van der Waals surface area contributed by atoms with Crippen molar-refractivity contribution in [3.05, 3.63) is 77.0 Å². The van der Waals surface area contributed by atoms with Gasteiger partial charge in [-0.25, -0.2) is 4.39 Å². The number of nitrogens with zero attached hydrogens (tertiary/aromatic N) is 1. The first-order valence-electron chi connectivity index (χ1n) is 11.1. The van der Waals surface area contributed by atoms with Gasteiger partial charge in [-0.05, 0) is 67.5 Å². The summed E-state index contributed by atoms with van der Waals surface area (Å²) in [6, 6.07) is 11.8. The van der Waals surface area contributed by atoms with Crippen molar-refractivity contribution < 1.29 is 9.13 Å². The average molecular weight is 431 g/mol. The third kappa shape index (κ3) is 3.66. The van der Waals surface area contributed by atoms with Gasteiger partial charge in [-0.3, -0.25) is 4.98 Å². The molecule has 32 heavy (non-hydrogen) atoms. The van der Waals surface area contributed by atoms with E-state index in [-0.39, 0.29) is 5.75 Å². The van der Waals surface area contributed by atoms with E-state index in [0.29, 0.717) is 17.9 Å². The number of aromatic amines is 1. The van der Waals surface area contributed by atoms with E-state index >= 15 is 4.39 Å². The van der Waals surface area contributed by atoms with Crippen LogP contribution in [0, 0.1) is 12.7 Å². The lowest BCUT2D eigenvalue weighted by Crippen LogP contribution is -2.08. The Morgan fingerprint density at radius 1 is 1.09 bits per heavy atom. The van der Waals surface area contributed by atoms with Crippen molar-refractivity contribution in [1.82, 2.24) is 9.97 Å². The number of H-pyrrole nitrogens is 1. The van der Waals surface area contributed by atoms with Gasteiger partial charge in [0.2, 0.25) is 0 Å². The van der Waals surface area contributed by atoms with Crippen LogP contribution in [0.25, 0.3) is 10.9 Å². The summed E-state index contributed by atoms with van der Waals surface area (Å²) in [4.78, 5) is 7.81. The molecule has 0 unspecified atom stereocenters. The van der Waals surface area contributed by atoms with Gasteiger partial charge in [0, 0.05) is 41.2 Å². The Balaban J connectivity index is 1.32. The maximum Gasteiger partial charge on any atom is 0.190 e. The van der Waals surface area contributed by atoms with Gasteiger partial charge in [0.1, 0.15) is 0 Å². The summed E-state index contributed by atoms with van der Waals surface area (Å²) in [7, 11) is 1.50. The van der Waals surface area contributed by atoms with E-state index in [4.69, 9.17) is 4.74 Å². The van der Waals surface area contributed by atoms with Gasteiger partial charge in [0.15, 0.2) is 11.6 Å². The highest BCUT2D eigenvalue weighted by atomic mass is 19.1. The molecule has 0 spiro atoms. The van der Waals surface area contributed by atoms with Crippen molar-refractivity contribution in [3.63, 3.8) is 0 Å². The van der Waals surface area contributed by atoms with Gasteiger partial charge >= 0.3 is 0 Å². The van der Waals surface area contributed by atoms with E-state index in [1.165, 1.54) is 29.2 Å². The number of ether oxygens (including phenoxy) is 1. The highest BCUT2D eigenvalue weighted by molar-refractivity contribution is 5.86. The number of anilines is 3. The third-order valence-corrected chi connectivity index (χ3v) is 6.28. The minimum atomic E-state index is -0.391. The highest BCUT2D eigenvalue weighted by Gasteiger charge is 2.19. The van der Waals surface area contributed by atoms with Crippen molar-refractivity contribution in [2.24, 2.45) is 0 Å². The Bertz CT molecular complexity index is 1280. The average Bonchev–Trinajstić information content (AvgIpc) is 3.44. The molecule has 4 aromatic rings. The summed E-state index contributed by atoms with van der Waals surface area (Å²) in [6.45, 7) is 2.71. The first-order valence-corrected chi connectivity index (χ1v) is 11.1.